The molecule has 38 heavy (non-hydrogen) atoms. The van der Waals surface area contributed by atoms with Crippen molar-refractivity contribution < 1.29 is 27.5 Å². The summed E-state index contributed by atoms with van der Waals surface area (Å²) >= 11 is 0. The fraction of sp³-hybridized carbons (Fsp3) is 0.600. The summed E-state index contributed by atoms with van der Waals surface area (Å²) in [5, 5.41) is 21.5. The number of likely N-dealkylation sites (N-methyl/N-ethyl adjacent to an activating group) is 1. The van der Waals surface area contributed by atoms with Crippen LogP contribution in [-0.4, -0.2) is 88.4 Å². The van der Waals surface area contributed by atoms with Crippen molar-refractivity contribution in [2.75, 3.05) is 26.7 Å². The Kier molecular flexibility index (Phi) is 7.91. The van der Waals surface area contributed by atoms with Crippen LogP contribution in [0.2, 0.25) is 0 Å². The molecule has 2 unspecified atom stereocenters. The minimum atomic E-state index is -3.87. The van der Waals surface area contributed by atoms with Crippen molar-refractivity contribution >= 4 is 21.8 Å². The van der Waals surface area contributed by atoms with Crippen molar-refractivity contribution in [2.45, 2.75) is 69.0 Å². The molecule has 0 spiro atoms. The van der Waals surface area contributed by atoms with Crippen LogP contribution in [0.25, 0.3) is 0 Å². The summed E-state index contributed by atoms with van der Waals surface area (Å²) < 4.78 is 41.2. The molecule has 2 heterocycles. The molecule has 0 radical (unpaired) electrons. The lowest BCUT2D eigenvalue weighted by molar-refractivity contribution is -0.144. The molecule has 11 nitrogen and oxygen atoms in total. The molecule has 1 aliphatic carbocycles. The maximum Gasteiger partial charge on any atom is 0.248 e. The quantitative estimate of drug-likeness (QED) is 0.480. The van der Waals surface area contributed by atoms with Gasteiger partial charge in [0.05, 0.1) is 16.7 Å². The zero-order chi connectivity index (χ0) is 27.8. The Morgan fingerprint density at radius 1 is 1.24 bits per heavy atom. The van der Waals surface area contributed by atoms with Gasteiger partial charge in [-0.25, -0.2) is 17.5 Å². The number of β-amino-alcohol motifs (C(OH)–C–C–N with tert-alkyl or cyclic N) is 1. The van der Waals surface area contributed by atoms with Gasteiger partial charge >= 0.3 is 0 Å². The van der Waals surface area contributed by atoms with E-state index in [9.17, 15) is 27.5 Å². The third-order valence-corrected chi connectivity index (χ3v) is 8.83. The fourth-order valence-corrected chi connectivity index (χ4v) is 5.86. The first-order chi connectivity index (χ1) is 17.8. The number of sulfonamides is 1. The number of aliphatic hydroxyl groups is 1. The highest BCUT2D eigenvalue weighted by atomic mass is 32.2. The Labute approximate surface area is 222 Å². The summed E-state index contributed by atoms with van der Waals surface area (Å²) in [5.41, 5.74) is 0.305. The molecule has 1 saturated carbocycles. The predicted molar refractivity (Wildman–Crippen MR) is 136 cm³/mol. The average molecular weight is 551 g/mol. The molecular weight excluding hydrogens is 515 g/mol. The van der Waals surface area contributed by atoms with E-state index in [1.807, 2.05) is 20.8 Å². The number of hydrogen-bond donors (Lipinski definition) is 2. The summed E-state index contributed by atoms with van der Waals surface area (Å²) in [6.45, 7) is 5.68. The van der Waals surface area contributed by atoms with Gasteiger partial charge in [-0.15, -0.1) is 5.10 Å². The Hall–Kier alpha value is -2.90. The van der Waals surface area contributed by atoms with Crippen molar-refractivity contribution in [2.24, 2.45) is 5.41 Å². The third kappa shape index (κ3) is 6.05. The highest BCUT2D eigenvalue weighted by Crippen LogP contribution is 2.40. The number of carbonyl (C=O) groups is 2. The van der Waals surface area contributed by atoms with Crippen LogP contribution in [0.1, 0.15) is 57.7 Å². The molecule has 4 rings (SSSR count). The Morgan fingerprint density at radius 2 is 1.89 bits per heavy atom. The monoisotopic (exact) mass is 550 g/mol. The second-order valence-corrected chi connectivity index (χ2v) is 13.2. The smallest absolute Gasteiger partial charge is 0.248 e. The van der Waals surface area contributed by atoms with Gasteiger partial charge in [0.2, 0.25) is 21.8 Å². The van der Waals surface area contributed by atoms with E-state index < -0.39 is 45.4 Å². The molecule has 1 aromatic carbocycles. The standard InChI is InChI=1S/C25H35FN6O5S/c1-25(2,3)22(32-15-20(28-29-32)16-5-6-16)24(35)31-14-18(33)13-21(31)23(34)27-11-12-30(4)38(36,37)19-9-7-17(26)8-10-19/h7-10,15-16,18,21-22,33H,5-6,11-14H2,1-4H3,(H,27,34)/t18?,21?,22-/m1/s1. The van der Waals surface area contributed by atoms with Crippen LogP contribution in [0.3, 0.4) is 0 Å². The molecule has 208 valence electrons. The maximum atomic E-state index is 13.8. The van der Waals surface area contributed by atoms with Crippen molar-refractivity contribution in [3.05, 3.63) is 42.0 Å². The van der Waals surface area contributed by atoms with Crippen molar-refractivity contribution in [1.82, 2.24) is 29.5 Å². The molecule has 13 heteroatoms. The molecule has 1 saturated heterocycles. The molecule has 3 atom stereocenters. The molecule has 2 N–H and O–H groups in total. The Morgan fingerprint density at radius 3 is 2.50 bits per heavy atom. The summed E-state index contributed by atoms with van der Waals surface area (Å²) in [4.78, 5) is 28.2. The summed E-state index contributed by atoms with van der Waals surface area (Å²) in [7, 11) is -2.51. The number of aromatic nitrogens is 3. The van der Waals surface area contributed by atoms with Crippen LogP contribution in [0, 0.1) is 11.2 Å². The second kappa shape index (κ2) is 10.7. The van der Waals surface area contributed by atoms with Gasteiger partial charge in [0.1, 0.15) is 17.9 Å². The van der Waals surface area contributed by atoms with E-state index in [1.165, 1.54) is 24.1 Å². The van der Waals surface area contributed by atoms with Gasteiger partial charge in [-0.2, -0.15) is 4.31 Å². The van der Waals surface area contributed by atoms with Gasteiger partial charge < -0.3 is 15.3 Å². The highest BCUT2D eigenvalue weighted by Gasteiger charge is 2.45. The van der Waals surface area contributed by atoms with Crippen LogP contribution in [-0.2, 0) is 19.6 Å². The fourth-order valence-electron chi connectivity index (χ4n) is 4.69. The Balaban J connectivity index is 1.42. The lowest BCUT2D eigenvalue weighted by atomic mass is 9.85. The normalized spacial score (nSPS) is 21.1. The number of hydrogen-bond acceptors (Lipinski definition) is 7. The van der Waals surface area contributed by atoms with Gasteiger partial charge in [-0.1, -0.05) is 26.0 Å². The first-order valence-electron chi connectivity index (χ1n) is 12.7. The summed E-state index contributed by atoms with van der Waals surface area (Å²) in [5.74, 6) is -0.987. The number of aliphatic hydroxyl groups excluding tert-OH is 1. The van der Waals surface area contributed by atoms with E-state index in [-0.39, 0.29) is 36.9 Å². The van der Waals surface area contributed by atoms with Gasteiger partial charge in [0.25, 0.3) is 0 Å². The summed E-state index contributed by atoms with van der Waals surface area (Å²) in [6, 6.07) is 2.85. The minimum Gasteiger partial charge on any atom is -0.391 e. The molecule has 2 amide bonds. The van der Waals surface area contributed by atoms with Crippen LogP contribution in [0.15, 0.2) is 35.4 Å². The van der Waals surface area contributed by atoms with Gasteiger partial charge in [-0.3, -0.25) is 9.59 Å². The van der Waals surface area contributed by atoms with Crippen LogP contribution >= 0.6 is 0 Å². The first-order valence-corrected chi connectivity index (χ1v) is 14.1. The maximum absolute atomic E-state index is 13.8. The molecule has 0 bridgehead atoms. The average Bonchev–Trinajstić information content (AvgIpc) is 3.45. The highest BCUT2D eigenvalue weighted by molar-refractivity contribution is 7.89. The lowest BCUT2D eigenvalue weighted by Crippen LogP contribution is -2.51. The lowest BCUT2D eigenvalue weighted by Gasteiger charge is -2.34. The Bertz CT molecular complexity index is 1270. The largest absolute Gasteiger partial charge is 0.391 e. The van der Waals surface area contributed by atoms with E-state index in [2.05, 4.69) is 15.6 Å². The first kappa shape index (κ1) is 28.1. The van der Waals surface area contributed by atoms with Crippen LogP contribution in [0.5, 0.6) is 0 Å². The SMILES string of the molecule is CN(CCNC(=O)C1CC(O)CN1C(=O)[C@@H](n1cc(C2CC2)nn1)C(C)(C)C)S(=O)(=O)c1ccc(F)cc1. The van der Waals surface area contributed by atoms with E-state index in [0.717, 1.165) is 35.0 Å². The molecular formula is C25H35FN6O5S. The van der Waals surface area contributed by atoms with Crippen LogP contribution < -0.4 is 5.32 Å². The number of benzene rings is 1. The molecule has 1 aromatic heterocycles. The van der Waals surface area contributed by atoms with Crippen molar-refractivity contribution in [3.8, 4) is 0 Å². The van der Waals surface area contributed by atoms with E-state index >= 15 is 0 Å². The molecule has 2 fully saturated rings. The number of carbonyl (C=O) groups excluding carboxylic acids is 2. The minimum absolute atomic E-state index is 0.00648. The second-order valence-electron chi connectivity index (χ2n) is 11.1. The third-order valence-electron chi connectivity index (χ3n) is 6.95. The predicted octanol–water partition coefficient (Wildman–Crippen LogP) is 1.28. The topological polar surface area (TPSA) is 138 Å². The van der Waals surface area contributed by atoms with E-state index in [4.69, 9.17) is 0 Å². The zero-order valence-electron chi connectivity index (χ0n) is 22.0. The molecule has 2 aliphatic rings. The van der Waals surface area contributed by atoms with Gasteiger partial charge in [0.15, 0.2) is 0 Å². The number of amides is 2. The van der Waals surface area contributed by atoms with Crippen LogP contribution in [0.4, 0.5) is 4.39 Å². The summed E-state index contributed by atoms with van der Waals surface area (Å²) in [6.07, 6.45) is 3.10. The number of nitrogens with zero attached hydrogens (tertiary/aromatic N) is 5. The molecule has 2 aromatic rings. The van der Waals surface area contributed by atoms with Crippen molar-refractivity contribution in [1.29, 1.82) is 0 Å². The van der Waals surface area contributed by atoms with E-state index in [1.54, 1.807) is 10.9 Å². The number of likely N-dealkylation sites (tertiary alicyclic amines) is 1. The zero-order valence-corrected chi connectivity index (χ0v) is 22.9. The van der Waals surface area contributed by atoms with Gasteiger partial charge in [0, 0.05) is 45.2 Å². The number of nitrogens with one attached hydrogen (secondary N) is 1. The number of rotatable bonds is 9. The molecule has 1 aliphatic heterocycles. The van der Waals surface area contributed by atoms with E-state index in [0.29, 0.717) is 5.92 Å². The number of halogens is 1. The van der Waals surface area contributed by atoms with Crippen molar-refractivity contribution in [3.63, 3.8) is 0 Å². The van der Waals surface area contributed by atoms with Gasteiger partial charge in [-0.05, 0) is 42.5 Å².